The largest absolute Gasteiger partial charge is 0.481 e. The number of nitrogens with zero attached hydrogens (tertiary/aromatic N) is 2. The summed E-state index contributed by atoms with van der Waals surface area (Å²) in [5.41, 5.74) is 0. The molecule has 0 radical (unpaired) electrons. The van der Waals surface area contributed by atoms with Gasteiger partial charge in [-0.3, -0.25) is 9.59 Å². The molecule has 2 atom stereocenters. The van der Waals surface area contributed by atoms with E-state index in [4.69, 9.17) is 9.47 Å². The lowest BCUT2D eigenvalue weighted by atomic mass is 10.0. The maximum Gasteiger partial charge on any atom is 0.261 e. The van der Waals surface area contributed by atoms with Gasteiger partial charge in [0.15, 0.2) is 12.2 Å². The van der Waals surface area contributed by atoms with Crippen molar-refractivity contribution in [3.05, 3.63) is 24.3 Å². The summed E-state index contributed by atoms with van der Waals surface area (Å²) in [4.78, 5) is 30.9. The highest BCUT2D eigenvalue weighted by Crippen LogP contribution is 2.23. The molecule has 56 heavy (non-hydrogen) atoms. The van der Waals surface area contributed by atoms with Crippen LogP contribution >= 0.6 is 0 Å². The van der Waals surface area contributed by atoms with E-state index in [1.807, 2.05) is 24.3 Å². The Bertz CT molecular complexity index is 954. The Morgan fingerprint density at radius 2 is 0.714 bits per heavy atom. The zero-order chi connectivity index (χ0) is 40.9. The van der Waals surface area contributed by atoms with Crippen molar-refractivity contribution >= 4 is 11.8 Å². The van der Waals surface area contributed by atoms with Gasteiger partial charge in [0.2, 0.25) is 0 Å². The molecule has 1 aromatic carbocycles. The number of benzene rings is 1. The van der Waals surface area contributed by atoms with Gasteiger partial charge in [0.25, 0.3) is 11.8 Å². The van der Waals surface area contributed by atoms with Crippen LogP contribution in [0, 0.1) is 0 Å². The monoisotopic (exact) mass is 787 g/mol. The molecule has 2 amide bonds. The summed E-state index contributed by atoms with van der Waals surface area (Å²) in [7, 11) is 8.20. The lowest BCUT2D eigenvalue weighted by Crippen LogP contribution is -2.39. The molecule has 1 aromatic rings. The van der Waals surface area contributed by atoms with Gasteiger partial charge in [-0.25, -0.2) is 0 Å². The first-order valence-electron chi connectivity index (χ1n) is 23.5. The van der Waals surface area contributed by atoms with Crippen molar-refractivity contribution in [2.45, 2.75) is 206 Å². The number of ether oxygens (including phenoxy) is 2. The minimum absolute atomic E-state index is 0.0411. The summed E-state index contributed by atoms with van der Waals surface area (Å²) in [5, 5.41) is 6.23. The van der Waals surface area contributed by atoms with Gasteiger partial charge in [0, 0.05) is 13.1 Å². The van der Waals surface area contributed by atoms with Crippen LogP contribution in [0.2, 0.25) is 0 Å². The Morgan fingerprint density at radius 1 is 0.446 bits per heavy atom. The van der Waals surface area contributed by atoms with Gasteiger partial charge in [0.1, 0.15) is 11.5 Å². The molecule has 2 unspecified atom stereocenters. The van der Waals surface area contributed by atoms with E-state index in [0.29, 0.717) is 37.4 Å². The number of rotatable bonds is 40. The van der Waals surface area contributed by atoms with Crippen molar-refractivity contribution in [1.82, 2.24) is 20.4 Å². The standard InChI is InChI=1S/C48H90N4O4/c1-7-9-11-13-15-17-19-21-23-25-27-29-33-45(47(53)49-39-31-41-51(3)4)55-43-35-37-44(38-36-43)56-46(48(54)50-40-32-42-52(5)6)34-30-28-26-24-22-20-18-16-14-12-10-8-2/h35-38,45-46H,7-34,39-42H2,1-6H3,(H,49,53)(H,50,54). The second-order valence-corrected chi connectivity index (χ2v) is 16.9. The van der Waals surface area contributed by atoms with Crippen LogP contribution in [0.4, 0.5) is 0 Å². The highest BCUT2D eigenvalue weighted by molar-refractivity contribution is 5.81. The average Bonchev–Trinajstić information content (AvgIpc) is 3.18. The third-order valence-corrected chi connectivity index (χ3v) is 10.8. The molecule has 8 nitrogen and oxygen atoms in total. The van der Waals surface area contributed by atoms with Crippen molar-refractivity contribution in [2.24, 2.45) is 0 Å². The lowest BCUT2D eigenvalue weighted by Gasteiger charge is -2.21. The molecule has 0 saturated heterocycles. The highest BCUT2D eigenvalue weighted by atomic mass is 16.5. The van der Waals surface area contributed by atoms with Gasteiger partial charge in [-0.2, -0.15) is 0 Å². The Morgan fingerprint density at radius 3 is 0.982 bits per heavy atom. The van der Waals surface area contributed by atoms with E-state index < -0.39 is 12.2 Å². The molecule has 0 fully saturated rings. The number of nitrogens with one attached hydrogen (secondary N) is 2. The fourth-order valence-corrected chi connectivity index (χ4v) is 7.20. The molecule has 2 N–H and O–H groups in total. The predicted octanol–water partition coefficient (Wildman–Crippen LogP) is 11.5. The van der Waals surface area contributed by atoms with Crippen LogP contribution in [0.25, 0.3) is 0 Å². The Labute approximate surface area is 346 Å². The molecule has 326 valence electrons. The molecular formula is C48H90N4O4. The molecule has 0 aromatic heterocycles. The molecule has 0 saturated carbocycles. The summed E-state index contributed by atoms with van der Waals surface area (Å²) in [5.74, 6) is 1.21. The quantitative estimate of drug-likeness (QED) is 0.0645. The van der Waals surface area contributed by atoms with Crippen LogP contribution in [0.3, 0.4) is 0 Å². The molecular weight excluding hydrogens is 697 g/mol. The summed E-state index contributed by atoms with van der Waals surface area (Å²) < 4.78 is 12.7. The second kappa shape index (κ2) is 37.0. The van der Waals surface area contributed by atoms with E-state index in [0.717, 1.165) is 51.6 Å². The molecule has 0 bridgehead atoms. The number of unbranched alkanes of at least 4 members (excludes halogenated alkanes) is 22. The van der Waals surface area contributed by atoms with Crippen molar-refractivity contribution in [1.29, 1.82) is 0 Å². The van der Waals surface area contributed by atoms with Crippen LogP contribution in [-0.2, 0) is 9.59 Å². The summed E-state index contributed by atoms with van der Waals surface area (Å²) in [6.07, 6.45) is 33.0. The van der Waals surface area contributed by atoms with E-state index in [1.54, 1.807) is 0 Å². The molecule has 8 heteroatoms. The molecule has 1 rings (SSSR count). The average molecular weight is 787 g/mol. The SMILES string of the molecule is CCCCCCCCCCCCCCC(Oc1ccc(OC(CCCCCCCCCCCCCC)C(=O)NCCCN(C)C)cc1)C(=O)NCCCN(C)C. The van der Waals surface area contributed by atoms with Gasteiger partial charge >= 0.3 is 0 Å². The molecule has 0 aliphatic heterocycles. The van der Waals surface area contributed by atoms with Crippen LogP contribution in [-0.4, -0.2) is 88.2 Å². The Kier molecular flexibility index (Phi) is 34.1. The summed E-state index contributed by atoms with van der Waals surface area (Å²) in [6, 6.07) is 7.50. The fraction of sp³-hybridized carbons (Fsp3) is 0.833. The minimum atomic E-state index is -0.532. The molecule has 0 aliphatic carbocycles. The number of amides is 2. The first kappa shape index (κ1) is 51.7. The zero-order valence-corrected chi connectivity index (χ0v) is 37.6. The van der Waals surface area contributed by atoms with Crippen molar-refractivity contribution < 1.29 is 19.1 Å². The van der Waals surface area contributed by atoms with E-state index in [-0.39, 0.29) is 11.8 Å². The topological polar surface area (TPSA) is 83.1 Å². The molecule has 0 aliphatic rings. The smallest absolute Gasteiger partial charge is 0.261 e. The molecule has 0 heterocycles. The van der Waals surface area contributed by atoms with Crippen molar-refractivity contribution in [3.8, 4) is 11.5 Å². The maximum atomic E-state index is 13.3. The lowest BCUT2D eigenvalue weighted by molar-refractivity contribution is -0.129. The van der Waals surface area contributed by atoms with E-state index in [2.05, 4.69) is 62.5 Å². The van der Waals surface area contributed by atoms with Crippen LogP contribution in [0.1, 0.15) is 194 Å². The second-order valence-electron chi connectivity index (χ2n) is 16.9. The van der Waals surface area contributed by atoms with Crippen LogP contribution < -0.4 is 20.1 Å². The van der Waals surface area contributed by atoms with E-state index >= 15 is 0 Å². The van der Waals surface area contributed by atoms with Crippen LogP contribution in [0.5, 0.6) is 11.5 Å². The van der Waals surface area contributed by atoms with E-state index in [1.165, 1.54) is 128 Å². The minimum Gasteiger partial charge on any atom is -0.481 e. The normalized spacial score (nSPS) is 12.6. The van der Waals surface area contributed by atoms with Crippen LogP contribution in [0.15, 0.2) is 24.3 Å². The van der Waals surface area contributed by atoms with Gasteiger partial charge in [-0.05, 0) is 104 Å². The van der Waals surface area contributed by atoms with Crippen molar-refractivity contribution in [2.75, 3.05) is 54.4 Å². The number of carbonyl (C=O) groups excluding carboxylic acids is 2. The Hall–Kier alpha value is -2.32. The first-order valence-corrected chi connectivity index (χ1v) is 23.5. The number of hydrogen-bond acceptors (Lipinski definition) is 6. The van der Waals surface area contributed by atoms with Gasteiger partial charge in [-0.1, -0.05) is 155 Å². The van der Waals surface area contributed by atoms with Gasteiger partial charge in [0.05, 0.1) is 0 Å². The van der Waals surface area contributed by atoms with Gasteiger partial charge in [-0.15, -0.1) is 0 Å². The maximum absolute atomic E-state index is 13.3. The zero-order valence-electron chi connectivity index (χ0n) is 37.6. The Balaban J connectivity index is 2.67. The predicted molar refractivity (Wildman–Crippen MR) is 239 cm³/mol. The number of carbonyl (C=O) groups is 2. The third-order valence-electron chi connectivity index (χ3n) is 10.8. The highest BCUT2D eigenvalue weighted by Gasteiger charge is 2.22. The summed E-state index contributed by atoms with van der Waals surface area (Å²) >= 11 is 0. The first-order chi connectivity index (χ1) is 27.3. The van der Waals surface area contributed by atoms with Crippen molar-refractivity contribution in [3.63, 3.8) is 0 Å². The van der Waals surface area contributed by atoms with Gasteiger partial charge < -0.3 is 29.9 Å². The molecule has 0 spiro atoms. The third kappa shape index (κ3) is 30.8. The fourth-order valence-electron chi connectivity index (χ4n) is 7.20. The number of hydrogen-bond donors (Lipinski definition) is 2. The summed E-state index contributed by atoms with van der Waals surface area (Å²) in [6.45, 7) is 7.69. The van der Waals surface area contributed by atoms with E-state index in [9.17, 15) is 9.59 Å².